The molecule has 0 unspecified atom stereocenters. The maximum absolute atomic E-state index is 12.3. The first kappa shape index (κ1) is 19.7. The average molecular weight is 420 g/mol. The summed E-state index contributed by atoms with van der Waals surface area (Å²) in [6.45, 7) is 2.07. The van der Waals surface area contributed by atoms with Crippen LogP contribution in [0.2, 0.25) is 5.02 Å². The summed E-state index contributed by atoms with van der Waals surface area (Å²) in [5.41, 5.74) is 3.08. The molecule has 4 rings (SSSR count). The lowest BCUT2D eigenvalue weighted by molar-refractivity contribution is 0.102. The van der Waals surface area contributed by atoms with Crippen molar-refractivity contribution in [3.05, 3.63) is 105 Å². The second-order valence-electron chi connectivity index (χ2n) is 6.74. The second-order valence-corrected chi connectivity index (χ2v) is 7.18. The average Bonchev–Trinajstić information content (AvgIpc) is 2.74. The number of aryl methyl sites for hydroxylation is 1. The number of rotatable bonds is 5. The summed E-state index contributed by atoms with van der Waals surface area (Å²) in [5.74, 6) is 0.378. The quantitative estimate of drug-likeness (QED) is 0.517. The van der Waals surface area contributed by atoms with Crippen LogP contribution in [0.25, 0.3) is 5.65 Å². The Labute approximate surface area is 177 Å². The number of halogens is 1. The molecular weight excluding hydrogens is 402 g/mol. The first-order chi connectivity index (χ1) is 14.5. The van der Waals surface area contributed by atoms with Crippen molar-refractivity contribution in [3.63, 3.8) is 0 Å². The monoisotopic (exact) mass is 419 g/mol. The standard InChI is InChI=1S/C23H18ClN3O3/c1-15-3-2-12-27-21(28)13-19(25-22(15)27)14-30-20-10-8-18(9-11-20)26-23(29)16-4-6-17(24)7-5-16/h2-13H,14H2,1H3,(H,26,29). The number of anilines is 1. The smallest absolute Gasteiger partial charge is 0.258 e. The number of carbonyl (C=O) groups excluding carboxylic acids is 1. The van der Waals surface area contributed by atoms with E-state index in [-0.39, 0.29) is 18.1 Å². The molecular formula is C23H18ClN3O3. The molecule has 1 amide bonds. The maximum Gasteiger partial charge on any atom is 0.258 e. The minimum Gasteiger partial charge on any atom is -0.487 e. The number of hydrogen-bond donors (Lipinski definition) is 1. The zero-order valence-corrected chi connectivity index (χ0v) is 16.9. The van der Waals surface area contributed by atoms with Gasteiger partial charge in [-0.2, -0.15) is 0 Å². The molecule has 1 N–H and O–H groups in total. The van der Waals surface area contributed by atoms with Gasteiger partial charge in [0.15, 0.2) is 0 Å². The lowest BCUT2D eigenvalue weighted by atomic mass is 10.2. The summed E-state index contributed by atoms with van der Waals surface area (Å²) in [7, 11) is 0. The predicted molar refractivity (Wildman–Crippen MR) is 116 cm³/mol. The largest absolute Gasteiger partial charge is 0.487 e. The SMILES string of the molecule is Cc1cccn2c(=O)cc(COc3ccc(NC(=O)c4ccc(Cl)cc4)cc3)nc12. The van der Waals surface area contributed by atoms with Gasteiger partial charge in [-0.25, -0.2) is 4.98 Å². The van der Waals surface area contributed by atoms with Crippen LogP contribution in [0.15, 0.2) is 77.7 Å². The van der Waals surface area contributed by atoms with Crippen molar-refractivity contribution in [2.24, 2.45) is 0 Å². The second kappa shape index (κ2) is 8.39. The van der Waals surface area contributed by atoms with Crippen LogP contribution in [0.1, 0.15) is 21.6 Å². The normalized spacial score (nSPS) is 10.7. The fraction of sp³-hybridized carbons (Fsp3) is 0.0870. The molecule has 0 bridgehead atoms. The third-order valence-corrected chi connectivity index (χ3v) is 4.80. The highest BCUT2D eigenvalue weighted by molar-refractivity contribution is 6.30. The van der Waals surface area contributed by atoms with E-state index in [1.165, 1.54) is 10.5 Å². The summed E-state index contributed by atoms with van der Waals surface area (Å²) in [6.07, 6.45) is 1.69. The topological polar surface area (TPSA) is 72.7 Å². The highest BCUT2D eigenvalue weighted by atomic mass is 35.5. The summed E-state index contributed by atoms with van der Waals surface area (Å²) >= 11 is 5.84. The highest BCUT2D eigenvalue weighted by Crippen LogP contribution is 2.18. The Morgan fingerprint density at radius 2 is 1.83 bits per heavy atom. The minimum atomic E-state index is -0.225. The number of aromatic nitrogens is 2. The van der Waals surface area contributed by atoms with Crippen LogP contribution in [0.5, 0.6) is 5.75 Å². The van der Waals surface area contributed by atoms with Gasteiger partial charge in [0.1, 0.15) is 18.0 Å². The maximum atomic E-state index is 12.3. The lowest BCUT2D eigenvalue weighted by Crippen LogP contribution is -2.17. The van der Waals surface area contributed by atoms with Gasteiger partial charge >= 0.3 is 0 Å². The zero-order chi connectivity index (χ0) is 21.1. The van der Waals surface area contributed by atoms with E-state index in [9.17, 15) is 9.59 Å². The van der Waals surface area contributed by atoms with E-state index in [1.54, 1.807) is 54.7 Å². The first-order valence-corrected chi connectivity index (χ1v) is 9.65. The van der Waals surface area contributed by atoms with E-state index >= 15 is 0 Å². The van der Waals surface area contributed by atoms with Gasteiger partial charge in [0.25, 0.3) is 11.5 Å². The van der Waals surface area contributed by atoms with Gasteiger partial charge in [-0.1, -0.05) is 17.7 Å². The highest BCUT2D eigenvalue weighted by Gasteiger charge is 2.07. The fourth-order valence-electron chi connectivity index (χ4n) is 2.98. The van der Waals surface area contributed by atoms with Crippen LogP contribution in [0.4, 0.5) is 5.69 Å². The Kier molecular flexibility index (Phi) is 5.50. The molecule has 4 aromatic rings. The summed E-state index contributed by atoms with van der Waals surface area (Å²) in [4.78, 5) is 29.0. The summed E-state index contributed by atoms with van der Waals surface area (Å²) in [5, 5.41) is 3.39. The van der Waals surface area contributed by atoms with Gasteiger partial charge in [0.05, 0.1) is 5.69 Å². The molecule has 0 radical (unpaired) electrons. The summed E-state index contributed by atoms with van der Waals surface area (Å²) < 4.78 is 7.27. The third-order valence-electron chi connectivity index (χ3n) is 4.54. The van der Waals surface area contributed by atoms with E-state index in [0.717, 1.165) is 5.56 Å². The van der Waals surface area contributed by atoms with Gasteiger partial charge in [-0.3, -0.25) is 14.0 Å². The molecule has 2 aromatic heterocycles. The van der Waals surface area contributed by atoms with Crippen LogP contribution < -0.4 is 15.6 Å². The molecule has 0 atom stereocenters. The number of hydrogen-bond acceptors (Lipinski definition) is 4. The molecule has 2 heterocycles. The number of benzene rings is 2. The molecule has 7 heteroatoms. The van der Waals surface area contributed by atoms with Crippen LogP contribution in [0, 0.1) is 6.92 Å². The third kappa shape index (κ3) is 4.34. The Bertz CT molecular complexity index is 1270. The molecule has 0 fully saturated rings. The first-order valence-electron chi connectivity index (χ1n) is 9.27. The van der Waals surface area contributed by atoms with Gasteiger partial charge in [-0.15, -0.1) is 0 Å². The molecule has 0 spiro atoms. The molecule has 0 saturated carbocycles. The molecule has 0 aliphatic heterocycles. The van der Waals surface area contributed by atoms with Crippen molar-refractivity contribution in [2.45, 2.75) is 13.5 Å². The van der Waals surface area contributed by atoms with Gasteiger partial charge < -0.3 is 10.1 Å². The fourth-order valence-corrected chi connectivity index (χ4v) is 3.11. The van der Waals surface area contributed by atoms with E-state index in [0.29, 0.717) is 33.4 Å². The Balaban J connectivity index is 1.42. The number of pyridine rings is 1. The van der Waals surface area contributed by atoms with Crippen molar-refractivity contribution in [1.29, 1.82) is 0 Å². The molecule has 2 aromatic carbocycles. The van der Waals surface area contributed by atoms with Crippen molar-refractivity contribution in [3.8, 4) is 5.75 Å². The molecule has 0 saturated heterocycles. The molecule has 150 valence electrons. The van der Waals surface area contributed by atoms with Crippen molar-refractivity contribution < 1.29 is 9.53 Å². The number of nitrogens with zero attached hydrogens (tertiary/aromatic N) is 2. The number of amides is 1. The van der Waals surface area contributed by atoms with E-state index < -0.39 is 0 Å². The van der Waals surface area contributed by atoms with Crippen LogP contribution in [0.3, 0.4) is 0 Å². The molecule has 6 nitrogen and oxygen atoms in total. The number of carbonyl (C=O) groups is 1. The molecule has 30 heavy (non-hydrogen) atoms. The van der Waals surface area contributed by atoms with E-state index in [1.807, 2.05) is 19.1 Å². The Morgan fingerprint density at radius 3 is 2.57 bits per heavy atom. The summed E-state index contributed by atoms with van der Waals surface area (Å²) in [6, 6.07) is 18.8. The predicted octanol–water partition coefficient (Wildman–Crippen LogP) is 4.49. The van der Waals surface area contributed by atoms with Gasteiger partial charge in [-0.05, 0) is 67.1 Å². The van der Waals surface area contributed by atoms with Crippen LogP contribution in [-0.4, -0.2) is 15.3 Å². The van der Waals surface area contributed by atoms with Gasteiger partial charge in [0, 0.05) is 28.5 Å². The van der Waals surface area contributed by atoms with Gasteiger partial charge in [0.2, 0.25) is 0 Å². The minimum absolute atomic E-state index is 0.150. The van der Waals surface area contributed by atoms with E-state index in [2.05, 4.69) is 10.3 Å². The van der Waals surface area contributed by atoms with Crippen molar-refractivity contribution in [2.75, 3.05) is 5.32 Å². The molecule has 0 aliphatic carbocycles. The zero-order valence-electron chi connectivity index (χ0n) is 16.1. The van der Waals surface area contributed by atoms with Crippen LogP contribution >= 0.6 is 11.6 Å². The Hall–Kier alpha value is -3.64. The number of fused-ring (bicyclic) bond motifs is 1. The molecule has 0 aliphatic rings. The van der Waals surface area contributed by atoms with Crippen molar-refractivity contribution >= 4 is 28.8 Å². The number of nitrogens with one attached hydrogen (secondary N) is 1. The number of ether oxygens (including phenoxy) is 1. The lowest BCUT2D eigenvalue weighted by Gasteiger charge is -2.09. The van der Waals surface area contributed by atoms with Crippen molar-refractivity contribution in [1.82, 2.24) is 9.38 Å². The van der Waals surface area contributed by atoms with Crippen LogP contribution in [-0.2, 0) is 6.61 Å². The Morgan fingerprint density at radius 1 is 1.10 bits per heavy atom. The van der Waals surface area contributed by atoms with E-state index in [4.69, 9.17) is 16.3 Å².